The lowest BCUT2D eigenvalue weighted by Gasteiger charge is -2.20. The molecule has 160 valence electrons. The number of rotatable bonds is 16. The van der Waals surface area contributed by atoms with Gasteiger partial charge in [0.25, 0.3) is 0 Å². The van der Waals surface area contributed by atoms with Gasteiger partial charge in [0.05, 0.1) is 19.8 Å². The number of ether oxygens (including phenoxy) is 4. The molecule has 0 fully saturated rings. The molecule has 0 aromatic heterocycles. The molecular formula is C19H38N2O6. The molecule has 0 aliphatic heterocycles. The Bertz CT molecular complexity index is 381. The zero-order valence-corrected chi connectivity index (χ0v) is 17.4. The molecule has 8 heteroatoms. The summed E-state index contributed by atoms with van der Waals surface area (Å²) < 4.78 is 20.8. The Kier molecular flexibility index (Phi) is 16.8. The van der Waals surface area contributed by atoms with Crippen LogP contribution in [0.15, 0.2) is 0 Å². The summed E-state index contributed by atoms with van der Waals surface area (Å²) in [5.41, 5.74) is 0. The molecule has 0 aliphatic rings. The van der Waals surface area contributed by atoms with E-state index in [1.165, 1.54) is 0 Å². The molecule has 0 spiro atoms. The molecule has 2 atom stereocenters. The van der Waals surface area contributed by atoms with Crippen molar-refractivity contribution in [2.24, 2.45) is 5.92 Å². The third-order valence-corrected chi connectivity index (χ3v) is 3.95. The van der Waals surface area contributed by atoms with Crippen LogP contribution in [-0.4, -0.2) is 58.5 Å². The predicted octanol–water partition coefficient (Wildman–Crippen LogP) is 3.44. The summed E-state index contributed by atoms with van der Waals surface area (Å²) >= 11 is 0. The van der Waals surface area contributed by atoms with Gasteiger partial charge in [-0.3, -0.25) is 0 Å². The highest BCUT2D eigenvalue weighted by Crippen LogP contribution is 2.08. The fourth-order valence-electron chi connectivity index (χ4n) is 2.11. The van der Waals surface area contributed by atoms with E-state index in [0.29, 0.717) is 32.9 Å². The summed E-state index contributed by atoms with van der Waals surface area (Å²) in [7, 11) is 1.58. The number of carbonyl (C=O) groups is 2. The Morgan fingerprint density at radius 3 is 2.07 bits per heavy atom. The minimum absolute atomic E-state index is 0.0965. The van der Waals surface area contributed by atoms with E-state index in [1.54, 1.807) is 7.11 Å². The number of hydrogen-bond acceptors (Lipinski definition) is 6. The van der Waals surface area contributed by atoms with Gasteiger partial charge in [0, 0.05) is 20.2 Å². The second-order valence-corrected chi connectivity index (χ2v) is 6.43. The van der Waals surface area contributed by atoms with E-state index >= 15 is 0 Å². The van der Waals surface area contributed by atoms with Gasteiger partial charge in [0.15, 0.2) is 6.29 Å². The Morgan fingerprint density at radius 1 is 0.926 bits per heavy atom. The van der Waals surface area contributed by atoms with Crippen LogP contribution >= 0.6 is 0 Å². The normalized spacial score (nSPS) is 12.9. The second kappa shape index (κ2) is 17.9. The molecule has 0 rings (SSSR count). The van der Waals surface area contributed by atoms with E-state index in [0.717, 1.165) is 38.5 Å². The lowest BCUT2D eigenvalue weighted by Crippen LogP contribution is -2.33. The molecule has 0 aliphatic carbocycles. The smallest absolute Gasteiger partial charge is 0.407 e. The van der Waals surface area contributed by atoms with E-state index in [9.17, 15) is 9.59 Å². The Hall–Kier alpha value is -1.54. The zero-order valence-electron chi connectivity index (χ0n) is 17.4. The highest BCUT2D eigenvalue weighted by molar-refractivity contribution is 5.67. The van der Waals surface area contributed by atoms with Crippen molar-refractivity contribution in [3.05, 3.63) is 0 Å². The first-order valence-electron chi connectivity index (χ1n) is 9.99. The second-order valence-electron chi connectivity index (χ2n) is 6.43. The van der Waals surface area contributed by atoms with Crippen LogP contribution in [0.4, 0.5) is 9.59 Å². The summed E-state index contributed by atoms with van der Waals surface area (Å²) in [6.07, 6.45) is 4.11. The molecule has 0 bridgehead atoms. The van der Waals surface area contributed by atoms with E-state index in [1.807, 2.05) is 20.8 Å². The fourth-order valence-corrected chi connectivity index (χ4v) is 2.11. The van der Waals surface area contributed by atoms with Gasteiger partial charge in [-0.25, -0.2) is 9.59 Å². The third kappa shape index (κ3) is 16.4. The van der Waals surface area contributed by atoms with E-state index in [-0.39, 0.29) is 18.3 Å². The third-order valence-electron chi connectivity index (χ3n) is 3.95. The summed E-state index contributed by atoms with van der Waals surface area (Å²) in [6.45, 7) is 8.18. The Labute approximate surface area is 163 Å². The van der Waals surface area contributed by atoms with Gasteiger partial charge in [-0.1, -0.05) is 26.7 Å². The number of alkyl carbamates (subject to hydrolysis) is 2. The Morgan fingerprint density at radius 2 is 1.52 bits per heavy atom. The summed E-state index contributed by atoms with van der Waals surface area (Å²) in [6, 6.07) is 0. The van der Waals surface area contributed by atoms with E-state index < -0.39 is 6.09 Å². The molecule has 0 saturated heterocycles. The standard InChI is InChI=1S/C19H38N2O6/c1-5-7-12-25-18(22)20-11-9-10-17(15-27-16(3)24-4)14-21-19(23)26-13-8-6-2/h16-17H,5-15H2,1-4H3,(H,20,22)(H,21,23). The van der Waals surface area contributed by atoms with Gasteiger partial charge in [-0.2, -0.15) is 0 Å². The minimum Gasteiger partial charge on any atom is -0.450 e. The average molecular weight is 391 g/mol. The van der Waals surface area contributed by atoms with Gasteiger partial charge in [0.1, 0.15) is 0 Å². The first-order valence-corrected chi connectivity index (χ1v) is 9.99. The minimum atomic E-state index is -0.411. The zero-order chi connectivity index (χ0) is 20.3. The first-order chi connectivity index (χ1) is 13.0. The highest BCUT2D eigenvalue weighted by atomic mass is 16.7. The number of carbonyl (C=O) groups excluding carboxylic acids is 2. The van der Waals surface area contributed by atoms with Crippen LogP contribution in [0.1, 0.15) is 59.3 Å². The molecule has 2 amide bonds. The SMILES string of the molecule is CCCCOC(=O)NCCCC(CNC(=O)OCCCC)COC(C)OC. The summed E-state index contributed by atoms with van der Waals surface area (Å²) in [5.74, 6) is 0.0965. The van der Waals surface area contributed by atoms with Crippen molar-refractivity contribution in [3.63, 3.8) is 0 Å². The number of hydrogen-bond donors (Lipinski definition) is 2. The molecule has 2 N–H and O–H groups in total. The lowest BCUT2D eigenvalue weighted by atomic mass is 10.0. The summed E-state index contributed by atoms with van der Waals surface area (Å²) in [4.78, 5) is 23.2. The molecule has 0 radical (unpaired) electrons. The van der Waals surface area contributed by atoms with Crippen LogP contribution in [0.5, 0.6) is 0 Å². The maximum atomic E-state index is 11.7. The van der Waals surface area contributed by atoms with Crippen molar-refractivity contribution in [2.45, 2.75) is 65.6 Å². The van der Waals surface area contributed by atoms with Crippen molar-refractivity contribution < 1.29 is 28.5 Å². The van der Waals surface area contributed by atoms with Crippen molar-refractivity contribution in [3.8, 4) is 0 Å². The number of methoxy groups -OCH3 is 1. The molecular weight excluding hydrogens is 352 g/mol. The van der Waals surface area contributed by atoms with Crippen LogP contribution in [-0.2, 0) is 18.9 Å². The first kappa shape index (κ1) is 25.5. The van der Waals surface area contributed by atoms with Gasteiger partial charge in [0.2, 0.25) is 0 Å². The maximum absolute atomic E-state index is 11.7. The van der Waals surface area contributed by atoms with E-state index in [2.05, 4.69) is 10.6 Å². The van der Waals surface area contributed by atoms with Crippen LogP contribution < -0.4 is 10.6 Å². The van der Waals surface area contributed by atoms with Gasteiger partial charge in [-0.15, -0.1) is 0 Å². The van der Waals surface area contributed by atoms with Crippen LogP contribution in [0.25, 0.3) is 0 Å². The molecule has 0 aromatic carbocycles. The molecule has 2 unspecified atom stereocenters. The maximum Gasteiger partial charge on any atom is 0.407 e. The average Bonchev–Trinajstić information content (AvgIpc) is 2.66. The van der Waals surface area contributed by atoms with Crippen molar-refractivity contribution in [1.82, 2.24) is 10.6 Å². The van der Waals surface area contributed by atoms with Gasteiger partial charge < -0.3 is 29.6 Å². The largest absolute Gasteiger partial charge is 0.450 e. The van der Waals surface area contributed by atoms with Crippen molar-refractivity contribution in [2.75, 3.05) is 40.0 Å². The number of amides is 2. The molecule has 27 heavy (non-hydrogen) atoms. The van der Waals surface area contributed by atoms with Crippen molar-refractivity contribution in [1.29, 1.82) is 0 Å². The number of nitrogens with one attached hydrogen (secondary N) is 2. The lowest BCUT2D eigenvalue weighted by molar-refractivity contribution is -0.120. The predicted molar refractivity (Wildman–Crippen MR) is 104 cm³/mol. The van der Waals surface area contributed by atoms with E-state index in [4.69, 9.17) is 18.9 Å². The molecule has 0 heterocycles. The fraction of sp³-hybridized carbons (Fsp3) is 0.895. The quantitative estimate of drug-likeness (QED) is 0.310. The topological polar surface area (TPSA) is 95.1 Å². The molecule has 0 aromatic rings. The molecule has 8 nitrogen and oxygen atoms in total. The van der Waals surface area contributed by atoms with Gasteiger partial charge in [-0.05, 0) is 38.5 Å². The van der Waals surface area contributed by atoms with Gasteiger partial charge >= 0.3 is 12.2 Å². The monoisotopic (exact) mass is 390 g/mol. The molecule has 0 saturated carbocycles. The van der Waals surface area contributed by atoms with Crippen LogP contribution in [0.3, 0.4) is 0 Å². The van der Waals surface area contributed by atoms with Crippen molar-refractivity contribution >= 4 is 12.2 Å². The Balaban J connectivity index is 4.11. The van der Waals surface area contributed by atoms with Crippen LogP contribution in [0.2, 0.25) is 0 Å². The van der Waals surface area contributed by atoms with Crippen LogP contribution in [0, 0.1) is 5.92 Å². The summed E-state index contributed by atoms with van der Waals surface area (Å²) in [5, 5.41) is 5.51. The number of unbranched alkanes of at least 4 members (excludes halogenated alkanes) is 2. The highest BCUT2D eigenvalue weighted by Gasteiger charge is 2.14.